The van der Waals surface area contributed by atoms with E-state index < -0.39 is 0 Å². The zero-order chi connectivity index (χ0) is 9.33. The average molecular weight is 382 g/mol. The van der Waals surface area contributed by atoms with Gasteiger partial charge in [-0.3, -0.25) is 4.89 Å². The fraction of sp³-hybridized carbons (Fsp3) is 0.714. The number of halogens is 2. The van der Waals surface area contributed by atoms with Gasteiger partial charge in [0.05, 0.1) is 0 Å². The van der Waals surface area contributed by atoms with E-state index in [1.165, 1.54) is 0 Å². The third-order valence-corrected chi connectivity index (χ3v) is 1.17. The van der Waals surface area contributed by atoms with Gasteiger partial charge in [-0.1, -0.05) is 13.3 Å². The Hall–Kier alpha value is 0.780. The SMILES string of the molecule is C#COOC(C)(C)CC.II. The van der Waals surface area contributed by atoms with Crippen molar-refractivity contribution in [3.05, 3.63) is 0 Å². The summed E-state index contributed by atoms with van der Waals surface area (Å²) in [6.45, 7) is 5.81. The second kappa shape index (κ2) is 8.87. The summed E-state index contributed by atoms with van der Waals surface area (Å²) in [4.78, 5) is 9.11. The van der Waals surface area contributed by atoms with Crippen LogP contribution < -0.4 is 0 Å². The van der Waals surface area contributed by atoms with Gasteiger partial charge in [0.15, 0.2) is 6.11 Å². The van der Waals surface area contributed by atoms with Gasteiger partial charge in [0.25, 0.3) is 0 Å². The van der Waals surface area contributed by atoms with E-state index in [2.05, 4.69) is 42.1 Å². The minimum absolute atomic E-state index is 0.271. The van der Waals surface area contributed by atoms with E-state index in [4.69, 9.17) is 11.3 Å². The van der Waals surface area contributed by atoms with Crippen LogP contribution in [0.15, 0.2) is 0 Å². The molecule has 0 aromatic carbocycles. The quantitative estimate of drug-likeness (QED) is 0.322. The van der Waals surface area contributed by atoms with Crippen LogP contribution in [0.5, 0.6) is 0 Å². The highest BCUT2D eigenvalue weighted by Gasteiger charge is 2.16. The third kappa shape index (κ3) is 10.8. The largest absolute Gasteiger partial charge is 0.282 e. The Kier molecular flexibility index (Phi) is 11.5. The lowest BCUT2D eigenvalue weighted by Crippen LogP contribution is -2.21. The number of hydrogen-bond donors (Lipinski definition) is 0. The highest BCUT2D eigenvalue weighted by Crippen LogP contribution is 2.12. The molecule has 66 valence electrons. The lowest BCUT2D eigenvalue weighted by atomic mass is 10.1. The summed E-state index contributed by atoms with van der Waals surface area (Å²) in [5.41, 5.74) is -0.271. The van der Waals surface area contributed by atoms with Gasteiger partial charge in [0, 0.05) is 37.2 Å². The van der Waals surface area contributed by atoms with Crippen LogP contribution in [0.1, 0.15) is 27.2 Å². The summed E-state index contributed by atoms with van der Waals surface area (Å²) >= 11 is 4.24. The van der Waals surface area contributed by atoms with Crippen LogP contribution in [-0.4, -0.2) is 5.60 Å². The molecule has 11 heavy (non-hydrogen) atoms. The molecule has 0 aliphatic carbocycles. The first kappa shape index (κ1) is 14.3. The van der Waals surface area contributed by atoms with Gasteiger partial charge >= 0.3 is 0 Å². The predicted octanol–water partition coefficient (Wildman–Crippen LogP) is 3.49. The van der Waals surface area contributed by atoms with Crippen molar-refractivity contribution in [2.24, 2.45) is 0 Å². The number of hydrogen-bond acceptors (Lipinski definition) is 2. The Morgan fingerprint density at radius 1 is 1.45 bits per heavy atom. The summed E-state index contributed by atoms with van der Waals surface area (Å²) in [5.74, 6) is 0. The molecule has 0 saturated heterocycles. The molecule has 4 heteroatoms. The Morgan fingerprint density at radius 3 is 2.18 bits per heavy atom. The number of rotatable bonds is 3. The van der Waals surface area contributed by atoms with Crippen molar-refractivity contribution in [3.63, 3.8) is 0 Å². The Labute approximate surface area is 91.7 Å². The van der Waals surface area contributed by atoms with E-state index in [-0.39, 0.29) is 5.60 Å². The summed E-state index contributed by atoms with van der Waals surface area (Å²) in [6.07, 6.45) is 7.60. The first-order valence-electron chi connectivity index (χ1n) is 3.07. The normalized spacial score (nSPS) is 9.09. The predicted molar refractivity (Wildman–Crippen MR) is 63.4 cm³/mol. The van der Waals surface area contributed by atoms with E-state index in [1.807, 2.05) is 26.9 Å². The van der Waals surface area contributed by atoms with E-state index >= 15 is 0 Å². The molecule has 0 saturated carbocycles. The highest BCUT2D eigenvalue weighted by molar-refractivity contribution is 15.0. The van der Waals surface area contributed by atoms with Gasteiger partial charge in [-0.05, 0) is 20.3 Å². The van der Waals surface area contributed by atoms with Crippen LogP contribution in [0.4, 0.5) is 0 Å². The number of terminal acetylenes is 1. The molecule has 0 N–H and O–H groups in total. The minimum atomic E-state index is -0.271. The summed E-state index contributed by atoms with van der Waals surface area (Å²) in [5, 5.41) is 0. The molecule has 0 fully saturated rings. The molecular weight excluding hydrogens is 370 g/mol. The van der Waals surface area contributed by atoms with Gasteiger partial charge in [0.1, 0.15) is 5.60 Å². The van der Waals surface area contributed by atoms with E-state index in [1.54, 1.807) is 0 Å². The van der Waals surface area contributed by atoms with Crippen molar-refractivity contribution in [2.45, 2.75) is 32.8 Å². The van der Waals surface area contributed by atoms with Crippen molar-refractivity contribution in [2.75, 3.05) is 0 Å². The standard InChI is InChI=1S/C7H12O2.I2/c1-5-7(3,4)9-8-6-2;1-2/h2H,5H2,1,3-4H3;. The molecule has 2 nitrogen and oxygen atoms in total. The lowest BCUT2D eigenvalue weighted by molar-refractivity contribution is -0.306. The molecule has 0 spiro atoms. The zero-order valence-electron chi connectivity index (χ0n) is 6.86. The molecule has 0 aromatic rings. The van der Waals surface area contributed by atoms with E-state index in [9.17, 15) is 0 Å². The molecule has 0 bridgehead atoms. The average Bonchev–Trinajstić information content (AvgIpc) is 2.05. The van der Waals surface area contributed by atoms with Gasteiger partial charge < -0.3 is 0 Å². The molecule has 0 aliphatic rings. The summed E-state index contributed by atoms with van der Waals surface area (Å²) in [7, 11) is 0. The van der Waals surface area contributed by atoms with Crippen LogP contribution >= 0.6 is 37.2 Å². The smallest absolute Gasteiger partial charge is 0.153 e. The first-order chi connectivity index (χ1) is 5.12. The van der Waals surface area contributed by atoms with E-state index in [0.29, 0.717) is 0 Å². The van der Waals surface area contributed by atoms with Crippen molar-refractivity contribution in [3.8, 4) is 12.5 Å². The van der Waals surface area contributed by atoms with Crippen molar-refractivity contribution in [1.82, 2.24) is 0 Å². The van der Waals surface area contributed by atoms with Crippen molar-refractivity contribution < 1.29 is 9.78 Å². The first-order valence-corrected chi connectivity index (χ1v) is 9.35. The van der Waals surface area contributed by atoms with Gasteiger partial charge in [-0.2, -0.15) is 4.89 Å². The van der Waals surface area contributed by atoms with Crippen LogP contribution in [0.2, 0.25) is 0 Å². The lowest BCUT2D eigenvalue weighted by Gasteiger charge is -2.18. The molecule has 0 radical (unpaired) electrons. The zero-order valence-corrected chi connectivity index (χ0v) is 11.2. The molecule has 0 aromatic heterocycles. The summed E-state index contributed by atoms with van der Waals surface area (Å²) in [6, 6.07) is 0. The van der Waals surface area contributed by atoms with Gasteiger partial charge in [-0.25, -0.2) is 0 Å². The third-order valence-electron chi connectivity index (χ3n) is 1.17. The van der Waals surface area contributed by atoms with Gasteiger partial charge in [-0.15, -0.1) is 0 Å². The Bertz CT molecular complexity index is 118. The second-order valence-corrected chi connectivity index (χ2v) is 2.40. The molecular formula is C7H12I2O2. The van der Waals surface area contributed by atoms with Crippen molar-refractivity contribution >= 4 is 37.2 Å². The maximum atomic E-state index is 4.79. The molecule has 0 aliphatic heterocycles. The van der Waals surface area contributed by atoms with Crippen molar-refractivity contribution in [1.29, 1.82) is 0 Å². The topological polar surface area (TPSA) is 18.5 Å². The van der Waals surface area contributed by atoms with E-state index in [0.717, 1.165) is 6.42 Å². The maximum absolute atomic E-state index is 4.79. The van der Waals surface area contributed by atoms with Crippen LogP contribution in [-0.2, 0) is 9.78 Å². The minimum Gasteiger partial charge on any atom is -0.282 e. The molecule has 0 unspecified atom stereocenters. The molecule has 0 heterocycles. The fourth-order valence-corrected chi connectivity index (χ4v) is 0.196. The summed E-state index contributed by atoms with van der Waals surface area (Å²) < 4.78 is 0. The fourth-order valence-electron chi connectivity index (χ4n) is 0.196. The maximum Gasteiger partial charge on any atom is 0.153 e. The molecule has 0 rings (SSSR count). The van der Waals surface area contributed by atoms with Crippen LogP contribution in [0.3, 0.4) is 0 Å². The molecule has 0 atom stereocenters. The monoisotopic (exact) mass is 382 g/mol. The Balaban J connectivity index is 0. The van der Waals surface area contributed by atoms with Gasteiger partial charge in [0.2, 0.25) is 0 Å². The second-order valence-electron chi connectivity index (χ2n) is 2.40. The highest BCUT2D eigenvalue weighted by atomic mass is 128. The van der Waals surface area contributed by atoms with Crippen LogP contribution in [0, 0.1) is 12.5 Å². The van der Waals surface area contributed by atoms with Crippen LogP contribution in [0.25, 0.3) is 0 Å². The Morgan fingerprint density at radius 2 is 1.91 bits per heavy atom. The molecule has 0 amide bonds.